The van der Waals surface area contributed by atoms with E-state index in [9.17, 15) is 4.79 Å². The summed E-state index contributed by atoms with van der Waals surface area (Å²) in [5.41, 5.74) is 0. The number of carbonyl (C=O) groups is 1. The fraction of sp³-hybridized carbons (Fsp3) is 0.917. The number of ether oxygens (including phenoxy) is 1. The summed E-state index contributed by atoms with van der Waals surface area (Å²) in [6.07, 6.45) is 3.08. The van der Waals surface area contributed by atoms with Gasteiger partial charge in [-0.25, -0.2) is 0 Å². The highest BCUT2D eigenvalue weighted by molar-refractivity contribution is 5.78. The fourth-order valence-electron chi connectivity index (χ4n) is 2.59. The molecule has 0 spiro atoms. The van der Waals surface area contributed by atoms with E-state index in [2.05, 4.69) is 5.32 Å². The van der Waals surface area contributed by atoms with Crippen LogP contribution in [-0.4, -0.2) is 50.7 Å². The zero-order valence-corrected chi connectivity index (χ0v) is 10.1. The van der Waals surface area contributed by atoms with Gasteiger partial charge in [0.05, 0.1) is 6.61 Å². The predicted octanol–water partition coefficient (Wildman–Crippen LogP) is 0.481. The molecule has 0 aromatic carbocycles. The van der Waals surface area contributed by atoms with E-state index in [0.29, 0.717) is 11.8 Å². The van der Waals surface area contributed by atoms with Crippen LogP contribution in [0.15, 0.2) is 0 Å². The zero-order chi connectivity index (χ0) is 11.4. The molecule has 0 saturated carbocycles. The number of hydrogen-bond acceptors (Lipinski definition) is 3. The maximum atomic E-state index is 12.1. The van der Waals surface area contributed by atoms with Gasteiger partial charge in [-0.1, -0.05) is 0 Å². The Hall–Kier alpha value is -0.610. The van der Waals surface area contributed by atoms with Gasteiger partial charge in [0.1, 0.15) is 0 Å². The third kappa shape index (κ3) is 2.95. The van der Waals surface area contributed by atoms with Crippen LogP contribution < -0.4 is 5.32 Å². The van der Waals surface area contributed by atoms with Crippen molar-refractivity contribution < 1.29 is 9.53 Å². The molecule has 1 N–H and O–H groups in total. The summed E-state index contributed by atoms with van der Waals surface area (Å²) in [5, 5.41) is 3.29. The molecule has 4 heteroatoms. The Bertz CT molecular complexity index is 233. The number of hydrogen-bond donors (Lipinski definition) is 1. The van der Waals surface area contributed by atoms with Gasteiger partial charge in [-0.05, 0) is 32.4 Å². The van der Waals surface area contributed by atoms with Crippen LogP contribution >= 0.6 is 0 Å². The molecule has 0 aliphatic carbocycles. The minimum Gasteiger partial charge on any atom is -0.381 e. The van der Waals surface area contributed by atoms with Crippen LogP contribution in [0.2, 0.25) is 0 Å². The molecule has 0 aromatic heterocycles. The lowest BCUT2D eigenvalue weighted by Crippen LogP contribution is -2.41. The lowest BCUT2D eigenvalue weighted by molar-refractivity contribution is -0.135. The van der Waals surface area contributed by atoms with Gasteiger partial charge in [0.25, 0.3) is 0 Å². The highest BCUT2D eigenvalue weighted by Crippen LogP contribution is 2.18. The average Bonchev–Trinajstić information content (AvgIpc) is 2.82. The quantitative estimate of drug-likeness (QED) is 0.761. The summed E-state index contributed by atoms with van der Waals surface area (Å²) in [5.74, 6) is 1.12. The second kappa shape index (κ2) is 5.64. The van der Waals surface area contributed by atoms with Crippen LogP contribution in [0.1, 0.15) is 19.3 Å². The van der Waals surface area contributed by atoms with E-state index in [1.54, 1.807) is 0 Å². The van der Waals surface area contributed by atoms with Crippen LogP contribution in [0, 0.1) is 11.8 Å². The van der Waals surface area contributed by atoms with E-state index in [1.807, 2.05) is 11.9 Å². The molecule has 2 rings (SSSR count). The minimum absolute atomic E-state index is 0.244. The third-order valence-electron chi connectivity index (χ3n) is 3.62. The standard InChI is InChI=1S/C12H22N2O2/c1-14(8-10-4-7-16-9-10)12(15)11-2-5-13-6-3-11/h10-11,13H,2-9H2,1H3/t10-/m1/s1. The van der Waals surface area contributed by atoms with Crippen molar-refractivity contribution in [1.82, 2.24) is 10.2 Å². The van der Waals surface area contributed by atoms with Crippen molar-refractivity contribution in [3.63, 3.8) is 0 Å². The van der Waals surface area contributed by atoms with E-state index >= 15 is 0 Å². The Labute approximate surface area is 97.3 Å². The van der Waals surface area contributed by atoms with E-state index in [-0.39, 0.29) is 5.92 Å². The van der Waals surface area contributed by atoms with E-state index in [4.69, 9.17) is 4.74 Å². The molecule has 1 amide bonds. The lowest BCUT2D eigenvalue weighted by Gasteiger charge is -2.28. The smallest absolute Gasteiger partial charge is 0.225 e. The molecule has 2 heterocycles. The first kappa shape index (κ1) is 11.9. The summed E-state index contributed by atoms with van der Waals surface area (Å²) in [7, 11) is 1.93. The number of piperidine rings is 1. The monoisotopic (exact) mass is 226 g/mol. The number of carbonyl (C=O) groups excluding carboxylic acids is 1. The van der Waals surface area contributed by atoms with Crippen LogP contribution in [0.4, 0.5) is 0 Å². The molecule has 4 nitrogen and oxygen atoms in total. The molecule has 0 unspecified atom stereocenters. The largest absolute Gasteiger partial charge is 0.381 e. The molecule has 92 valence electrons. The van der Waals surface area contributed by atoms with Gasteiger partial charge in [-0.3, -0.25) is 4.79 Å². The van der Waals surface area contributed by atoms with Gasteiger partial charge < -0.3 is 15.0 Å². The molecular weight excluding hydrogens is 204 g/mol. The van der Waals surface area contributed by atoms with Crippen LogP contribution in [-0.2, 0) is 9.53 Å². The van der Waals surface area contributed by atoms with Crippen molar-refractivity contribution in [3.05, 3.63) is 0 Å². The Morgan fingerprint density at radius 3 is 2.75 bits per heavy atom. The first-order valence-corrected chi connectivity index (χ1v) is 6.31. The van der Waals surface area contributed by atoms with Crippen molar-refractivity contribution in [2.45, 2.75) is 19.3 Å². The van der Waals surface area contributed by atoms with Gasteiger partial charge >= 0.3 is 0 Å². The summed E-state index contributed by atoms with van der Waals surface area (Å²) >= 11 is 0. The van der Waals surface area contributed by atoms with Crippen LogP contribution in [0.3, 0.4) is 0 Å². The van der Waals surface area contributed by atoms with Gasteiger partial charge in [-0.15, -0.1) is 0 Å². The molecule has 0 aromatic rings. The van der Waals surface area contributed by atoms with Crippen molar-refractivity contribution in [3.8, 4) is 0 Å². The fourth-order valence-corrected chi connectivity index (χ4v) is 2.59. The van der Waals surface area contributed by atoms with E-state index < -0.39 is 0 Å². The SMILES string of the molecule is CN(C[C@H]1CCOC1)C(=O)C1CCNCC1. The molecule has 0 radical (unpaired) electrons. The second-order valence-electron chi connectivity index (χ2n) is 4.97. The van der Waals surface area contributed by atoms with Crippen molar-refractivity contribution >= 4 is 5.91 Å². The highest BCUT2D eigenvalue weighted by Gasteiger charge is 2.26. The molecular formula is C12H22N2O2. The van der Waals surface area contributed by atoms with Crippen molar-refractivity contribution in [2.24, 2.45) is 11.8 Å². The van der Waals surface area contributed by atoms with Gasteiger partial charge in [0.15, 0.2) is 0 Å². The number of nitrogens with one attached hydrogen (secondary N) is 1. The highest BCUT2D eigenvalue weighted by atomic mass is 16.5. The van der Waals surface area contributed by atoms with Crippen LogP contribution in [0.25, 0.3) is 0 Å². The van der Waals surface area contributed by atoms with Gasteiger partial charge in [0, 0.05) is 32.0 Å². The van der Waals surface area contributed by atoms with E-state index in [1.165, 1.54) is 0 Å². The van der Waals surface area contributed by atoms with Gasteiger partial charge in [0.2, 0.25) is 5.91 Å². The first-order valence-electron chi connectivity index (χ1n) is 6.31. The maximum Gasteiger partial charge on any atom is 0.225 e. The molecule has 1 atom stereocenters. The summed E-state index contributed by atoms with van der Waals surface area (Å²) in [6.45, 7) is 4.51. The lowest BCUT2D eigenvalue weighted by atomic mass is 9.96. The Kier molecular flexibility index (Phi) is 4.18. The Morgan fingerprint density at radius 2 is 2.12 bits per heavy atom. The number of amides is 1. The Morgan fingerprint density at radius 1 is 1.38 bits per heavy atom. The summed E-state index contributed by atoms with van der Waals surface area (Å²) in [6, 6.07) is 0. The number of rotatable bonds is 3. The molecule has 0 bridgehead atoms. The van der Waals surface area contributed by atoms with Crippen LogP contribution in [0.5, 0.6) is 0 Å². The maximum absolute atomic E-state index is 12.1. The summed E-state index contributed by atoms with van der Waals surface area (Å²) < 4.78 is 5.34. The van der Waals surface area contributed by atoms with Crippen molar-refractivity contribution in [1.29, 1.82) is 0 Å². The molecule has 2 aliphatic heterocycles. The molecule has 2 fully saturated rings. The molecule has 2 saturated heterocycles. The van der Waals surface area contributed by atoms with E-state index in [0.717, 1.165) is 52.1 Å². The summed E-state index contributed by atoms with van der Waals surface area (Å²) in [4.78, 5) is 14.1. The minimum atomic E-state index is 0.244. The first-order chi connectivity index (χ1) is 7.77. The third-order valence-corrected chi connectivity index (χ3v) is 3.62. The normalized spacial score (nSPS) is 26.9. The van der Waals surface area contributed by atoms with Gasteiger partial charge in [-0.2, -0.15) is 0 Å². The topological polar surface area (TPSA) is 41.6 Å². The second-order valence-corrected chi connectivity index (χ2v) is 4.97. The zero-order valence-electron chi connectivity index (χ0n) is 10.1. The molecule has 16 heavy (non-hydrogen) atoms. The molecule has 2 aliphatic rings. The van der Waals surface area contributed by atoms with Crippen molar-refractivity contribution in [2.75, 3.05) is 39.9 Å². The number of nitrogens with zero attached hydrogens (tertiary/aromatic N) is 1. The predicted molar refractivity (Wildman–Crippen MR) is 62.2 cm³/mol. The average molecular weight is 226 g/mol. The Balaban J connectivity index is 1.78.